The minimum Gasteiger partial charge on any atom is -0.373 e. The second kappa shape index (κ2) is 5.20. The van der Waals surface area contributed by atoms with E-state index < -0.39 is 16.6 Å². The summed E-state index contributed by atoms with van der Waals surface area (Å²) in [5, 5.41) is 13.7. The first-order chi connectivity index (χ1) is 9.45. The van der Waals surface area contributed by atoms with E-state index in [0.29, 0.717) is 5.82 Å². The average molecular weight is 279 g/mol. The maximum absolute atomic E-state index is 14.0. The highest BCUT2D eigenvalue weighted by Gasteiger charge is 2.22. The molecule has 0 amide bonds. The molecule has 0 spiro atoms. The Hall–Kier alpha value is -2.57. The first kappa shape index (κ1) is 13.9. The smallest absolute Gasteiger partial charge is 0.295 e. The highest BCUT2D eigenvalue weighted by Crippen LogP contribution is 2.32. The molecule has 0 fully saturated rings. The quantitative estimate of drug-likeness (QED) is 0.691. The number of rotatable bonds is 3. The van der Waals surface area contributed by atoms with Crippen LogP contribution < -0.4 is 5.32 Å². The first-order valence-electron chi connectivity index (χ1n) is 5.74. The van der Waals surface area contributed by atoms with Crippen LogP contribution in [0.1, 0.15) is 5.56 Å². The summed E-state index contributed by atoms with van der Waals surface area (Å²) in [5.41, 5.74) is -0.708. The second-order valence-corrected chi connectivity index (χ2v) is 4.13. The lowest BCUT2D eigenvalue weighted by molar-refractivity contribution is -0.384. The van der Waals surface area contributed by atoms with Crippen molar-refractivity contribution in [3.63, 3.8) is 0 Å². The van der Waals surface area contributed by atoms with E-state index in [4.69, 9.17) is 0 Å². The minimum absolute atomic E-state index is 0.124. The largest absolute Gasteiger partial charge is 0.373 e. The Morgan fingerprint density at radius 1 is 1.20 bits per heavy atom. The van der Waals surface area contributed by atoms with E-state index in [1.807, 2.05) is 0 Å². The van der Waals surface area contributed by atoms with Crippen molar-refractivity contribution in [3.05, 3.63) is 51.6 Å². The molecule has 0 saturated heterocycles. The highest BCUT2D eigenvalue weighted by molar-refractivity contribution is 5.72. The number of nitrogens with zero attached hydrogens (tertiary/aromatic N) is 2. The molecule has 1 N–H and O–H groups in total. The molecule has 5 nitrogen and oxygen atoms in total. The normalized spacial score (nSPS) is 10.4. The van der Waals surface area contributed by atoms with Crippen molar-refractivity contribution in [3.8, 4) is 11.3 Å². The summed E-state index contributed by atoms with van der Waals surface area (Å²) < 4.78 is 27.6. The van der Waals surface area contributed by atoms with Crippen LogP contribution in [0.15, 0.2) is 24.3 Å². The fourth-order valence-electron chi connectivity index (χ4n) is 1.77. The lowest BCUT2D eigenvalue weighted by Gasteiger charge is -2.08. The van der Waals surface area contributed by atoms with Gasteiger partial charge in [-0.2, -0.15) is 0 Å². The van der Waals surface area contributed by atoms with E-state index in [-0.39, 0.29) is 22.5 Å². The minimum atomic E-state index is -1.14. The maximum Gasteiger partial charge on any atom is 0.295 e. The van der Waals surface area contributed by atoms with E-state index >= 15 is 0 Å². The lowest BCUT2D eigenvalue weighted by atomic mass is 10.1. The summed E-state index contributed by atoms with van der Waals surface area (Å²) in [6.07, 6.45) is 0. The molecule has 0 aliphatic rings. The zero-order chi connectivity index (χ0) is 14.9. The van der Waals surface area contributed by atoms with Crippen molar-refractivity contribution in [1.29, 1.82) is 0 Å². The maximum atomic E-state index is 14.0. The molecule has 0 bridgehead atoms. The Morgan fingerprint density at radius 2 is 1.90 bits per heavy atom. The Kier molecular flexibility index (Phi) is 3.60. The van der Waals surface area contributed by atoms with Crippen LogP contribution in [-0.4, -0.2) is 17.0 Å². The third-order valence-electron chi connectivity index (χ3n) is 2.86. The molecule has 1 aromatic carbocycles. The van der Waals surface area contributed by atoms with Crippen LogP contribution in [0.3, 0.4) is 0 Å². The highest BCUT2D eigenvalue weighted by atomic mass is 19.2. The topological polar surface area (TPSA) is 68.1 Å². The van der Waals surface area contributed by atoms with E-state index in [1.54, 1.807) is 7.05 Å². The summed E-state index contributed by atoms with van der Waals surface area (Å²) >= 11 is 0. The van der Waals surface area contributed by atoms with Gasteiger partial charge >= 0.3 is 0 Å². The van der Waals surface area contributed by atoms with Crippen LogP contribution in [0, 0.1) is 28.7 Å². The van der Waals surface area contributed by atoms with E-state index in [1.165, 1.54) is 31.2 Å². The molecule has 0 unspecified atom stereocenters. The van der Waals surface area contributed by atoms with E-state index in [2.05, 4.69) is 10.3 Å². The van der Waals surface area contributed by atoms with Crippen molar-refractivity contribution < 1.29 is 13.7 Å². The van der Waals surface area contributed by atoms with Crippen molar-refractivity contribution in [2.75, 3.05) is 12.4 Å². The monoisotopic (exact) mass is 279 g/mol. The molecular formula is C13H11F2N3O2. The Morgan fingerprint density at radius 3 is 2.50 bits per heavy atom. The van der Waals surface area contributed by atoms with Crippen LogP contribution in [0.5, 0.6) is 0 Å². The standard InChI is InChI=1S/C13H11F2N3O2/c1-7-3-4-8(12(15)11(7)14)13-9(18(19)20)5-6-10(16-2)17-13/h3-6H,1-2H3,(H,16,17). The predicted octanol–water partition coefficient (Wildman–Crippen LogP) is 3.29. The fourth-order valence-corrected chi connectivity index (χ4v) is 1.77. The zero-order valence-corrected chi connectivity index (χ0v) is 10.8. The number of hydrogen-bond acceptors (Lipinski definition) is 4. The molecule has 0 aliphatic carbocycles. The third-order valence-corrected chi connectivity index (χ3v) is 2.86. The Labute approximate surface area is 113 Å². The van der Waals surface area contributed by atoms with Crippen LogP contribution in [0.25, 0.3) is 11.3 Å². The number of nitro groups is 1. The van der Waals surface area contributed by atoms with Crippen LogP contribution in [0.2, 0.25) is 0 Å². The van der Waals surface area contributed by atoms with Gasteiger partial charge in [0.25, 0.3) is 5.69 Å². The van der Waals surface area contributed by atoms with Gasteiger partial charge in [0, 0.05) is 18.7 Å². The fraction of sp³-hybridized carbons (Fsp3) is 0.154. The van der Waals surface area contributed by atoms with Crippen LogP contribution >= 0.6 is 0 Å². The summed E-state index contributed by atoms with van der Waals surface area (Å²) in [4.78, 5) is 14.3. The number of anilines is 1. The van der Waals surface area contributed by atoms with E-state index in [0.717, 1.165) is 0 Å². The molecule has 20 heavy (non-hydrogen) atoms. The molecule has 2 aromatic rings. The van der Waals surface area contributed by atoms with Crippen molar-refractivity contribution in [1.82, 2.24) is 4.98 Å². The third kappa shape index (κ3) is 2.29. The molecule has 0 saturated carbocycles. The molecule has 0 radical (unpaired) electrons. The van der Waals surface area contributed by atoms with Gasteiger partial charge in [0.15, 0.2) is 17.3 Å². The van der Waals surface area contributed by atoms with Gasteiger partial charge in [0.05, 0.1) is 4.92 Å². The summed E-state index contributed by atoms with van der Waals surface area (Å²) in [5.74, 6) is -1.85. The van der Waals surface area contributed by atoms with Crippen molar-refractivity contribution >= 4 is 11.5 Å². The van der Waals surface area contributed by atoms with Crippen LogP contribution in [-0.2, 0) is 0 Å². The Bertz CT molecular complexity index is 690. The number of hydrogen-bond donors (Lipinski definition) is 1. The number of benzene rings is 1. The zero-order valence-electron chi connectivity index (χ0n) is 10.8. The molecule has 2 rings (SSSR count). The molecule has 0 atom stereocenters. The van der Waals surface area contributed by atoms with Crippen molar-refractivity contribution in [2.24, 2.45) is 0 Å². The molecule has 1 aromatic heterocycles. The van der Waals surface area contributed by atoms with Gasteiger partial charge in [-0.05, 0) is 24.6 Å². The number of aromatic nitrogens is 1. The first-order valence-corrected chi connectivity index (χ1v) is 5.74. The van der Waals surface area contributed by atoms with Crippen molar-refractivity contribution in [2.45, 2.75) is 6.92 Å². The molecule has 104 valence electrons. The van der Waals surface area contributed by atoms with Crippen LogP contribution in [0.4, 0.5) is 20.3 Å². The summed E-state index contributed by atoms with van der Waals surface area (Å²) in [6, 6.07) is 5.23. The van der Waals surface area contributed by atoms with Gasteiger partial charge in [0.1, 0.15) is 5.82 Å². The summed E-state index contributed by atoms with van der Waals surface area (Å²) in [6.45, 7) is 1.41. The number of nitrogens with one attached hydrogen (secondary N) is 1. The second-order valence-electron chi connectivity index (χ2n) is 4.13. The predicted molar refractivity (Wildman–Crippen MR) is 70.5 cm³/mol. The van der Waals surface area contributed by atoms with Gasteiger partial charge in [-0.3, -0.25) is 10.1 Å². The van der Waals surface area contributed by atoms with Gasteiger partial charge in [-0.1, -0.05) is 6.07 Å². The SMILES string of the molecule is CNc1ccc([N+](=O)[O-])c(-c2ccc(C)c(F)c2F)n1. The molecule has 0 aliphatic heterocycles. The van der Waals surface area contributed by atoms with Gasteiger partial charge in [-0.15, -0.1) is 0 Å². The van der Waals surface area contributed by atoms with Gasteiger partial charge in [-0.25, -0.2) is 13.8 Å². The molecule has 1 heterocycles. The Balaban J connectivity index is 2.73. The number of pyridine rings is 1. The number of halogens is 2. The number of aryl methyl sites for hydroxylation is 1. The van der Waals surface area contributed by atoms with E-state index in [9.17, 15) is 18.9 Å². The lowest BCUT2D eigenvalue weighted by Crippen LogP contribution is -2.01. The molecule has 7 heteroatoms. The summed E-state index contributed by atoms with van der Waals surface area (Å²) in [7, 11) is 1.57. The van der Waals surface area contributed by atoms with Gasteiger partial charge < -0.3 is 5.32 Å². The van der Waals surface area contributed by atoms with Gasteiger partial charge in [0.2, 0.25) is 0 Å². The average Bonchev–Trinajstić information content (AvgIpc) is 2.44. The molecular weight excluding hydrogens is 268 g/mol.